The van der Waals surface area contributed by atoms with Crippen LogP contribution in [-0.4, -0.2) is 27.8 Å². The fourth-order valence-corrected chi connectivity index (χ4v) is 2.76. The number of pyridine rings is 1. The molecule has 8 nitrogen and oxygen atoms in total. The minimum absolute atomic E-state index is 0.0993. The number of nitrogens with one attached hydrogen (secondary N) is 1. The van der Waals surface area contributed by atoms with E-state index in [1.54, 1.807) is 12.3 Å². The average Bonchev–Trinajstić information content (AvgIpc) is 3.36. The summed E-state index contributed by atoms with van der Waals surface area (Å²) < 4.78 is 15.9. The van der Waals surface area contributed by atoms with Gasteiger partial charge in [-0.1, -0.05) is 17.3 Å². The zero-order valence-electron chi connectivity index (χ0n) is 14.7. The number of hydrogen-bond donors (Lipinski definition) is 1. The molecule has 2 aromatic heterocycles. The van der Waals surface area contributed by atoms with Crippen molar-refractivity contribution in [3.05, 3.63) is 54.0 Å². The van der Waals surface area contributed by atoms with Gasteiger partial charge in [0.15, 0.2) is 11.5 Å². The first kappa shape index (κ1) is 17.0. The molecule has 0 fully saturated rings. The Bertz CT molecular complexity index is 942. The number of hydrogen-bond acceptors (Lipinski definition) is 7. The van der Waals surface area contributed by atoms with Crippen molar-refractivity contribution in [2.24, 2.45) is 0 Å². The smallest absolute Gasteiger partial charge is 0.231 e. The third-order valence-electron chi connectivity index (χ3n) is 4.20. The van der Waals surface area contributed by atoms with E-state index in [-0.39, 0.29) is 25.2 Å². The topological polar surface area (TPSA) is 99.4 Å². The number of benzene rings is 1. The van der Waals surface area contributed by atoms with Gasteiger partial charge in [0.2, 0.25) is 24.4 Å². The molecule has 0 spiro atoms. The van der Waals surface area contributed by atoms with Gasteiger partial charge in [0, 0.05) is 19.0 Å². The molecular formula is C19H18N4O4. The van der Waals surface area contributed by atoms with Crippen LogP contribution < -0.4 is 14.8 Å². The van der Waals surface area contributed by atoms with Crippen molar-refractivity contribution in [1.29, 1.82) is 0 Å². The molecule has 3 aromatic rings. The predicted molar refractivity (Wildman–Crippen MR) is 95.0 cm³/mol. The van der Waals surface area contributed by atoms with Gasteiger partial charge in [-0.25, -0.2) is 0 Å². The van der Waals surface area contributed by atoms with Crippen LogP contribution in [0.4, 0.5) is 0 Å². The first-order valence-electron chi connectivity index (χ1n) is 8.62. The van der Waals surface area contributed by atoms with Crippen molar-refractivity contribution in [3.63, 3.8) is 0 Å². The second kappa shape index (κ2) is 7.45. The minimum Gasteiger partial charge on any atom is -0.454 e. The van der Waals surface area contributed by atoms with Crippen molar-refractivity contribution in [3.8, 4) is 23.0 Å². The van der Waals surface area contributed by atoms with Crippen molar-refractivity contribution in [1.82, 2.24) is 20.4 Å². The van der Waals surface area contributed by atoms with Crippen LogP contribution >= 0.6 is 0 Å². The maximum Gasteiger partial charge on any atom is 0.231 e. The van der Waals surface area contributed by atoms with Gasteiger partial charge in [-0.15, -0.1) is 0 Å². The van der Waals surface area contributed by atoms with E-state index >= 15 is 0 Å². The summed E-state index contributed by atoms with van der Waals surface area (Å²) in [5.41, 5.74) is 1.58. The summed E-state index contributed by atoms with van der Waals surface area (Å²) in [7, 11) is 0. The van der Waals surface area contributed by atoms with Crippen LogP contribution in [0.3, 0.4) is 0 Å². The quantitative estimate of drug-likeness (QED) is 0.716. The Morgan fingerprint density at radius 1 is 1.22 bits per heavy atom. The van der Waals surface area contributed by atoms with Crippen LogP contribution in [0.25, 0.3) is 11.5 Å². The number of carbonyl (C=O) groups excluding carboxylic acids is 1. The summed E-state index contributed by atoms with van der Waals surface area (Å²) >= 11 is 0. The SMILES string of the molecule is CC(NC(=O)CCc1nc(-c2ccccn2)no1)c1ccc2c(c1)OCO2. The van der Waals surface area contributed by atoms with Crippen LogP contribution in [0.15, 0.2) is 47.1 Å². The Kier molecular flexibility index (Phi) is 4.69. The Morgan fingerprint density at radius 3 is 2.96 bits per heavy atom. The molecule has 138 valence electrons. The Morgan fingerprint density at radius 2 is 2.11 bits per heavy atom. The fourth-order valence-electron chi connectivity index (χ4n) is 2.76. The number of fused-ring (bicyclic) bond motifs is 1. The molecule has 4 rings (SSSR count). The summed E-state index contributed by atoms with van der Waals surface area (Å²) in [6, 6.07) is 10.9. The summed E-state index contributed by atoms with van der Waals surface area (Å²) in [4.78, 5) is 20.7. The van der Waals surface area contributed by atoms with Crippen molar-refractivity contribution < 1.29 is 18.8 Å². The van der Waals surface area contributed by atoms with Gasteiger partial charge in [0.25, 0.3) is 0 Å². The average molecular weight is 366 g/mol. The maximum atomic E-state index is 12.2. The second-order valence-corrected chi connectivity index (χ2v) is 6.13. The number of amides is 1. The Balaban J connectivity index is 1.31. The molecule has 8 heteroatoms. The van der Waals surface area contributed by atoms with E-state index in [4.69, 9.17) is 14.0 Å². The largest absolute Gasteiger partial charge is 0.454 e. The van der Waals surface area contributed by atoms with E-state index in [2.05, 4.69) is 20.4 Å². The van der Waals surface area contributed by atoms with E-state index in [1.165, 1.54) is 0 Å². The molecule has 0 radical (unpaired) electrons. The van der Waals surface area contributed by atoms with Crippen LogP contribution in [0, 0.1) is 0 Å². The second-order valence-electron chi connectivity index (χ2n) is 6.13. The molecular weight excluding hydrogens is 348 g/mol. The minimum atomic E-state index is -0.154. The molecule has 1 aliphatic rings. The Labute approximate surface area is 155 Å². The van der Waals surface area contributed by atoms with Crippen LogP contribution in [0.1, 0.15) is 30.8 Å². The molecule has 1 unspecified atom stereocenters. The lowest BCUT2D eigenvalue weighted by atomic mass is 10.1. The van der Waals surface area contributed by atoms with Crippen LogP contribution in [-0.2, 0) is 11.2 Å². The third kappa shape index (κ3) is 3.89. The normalized spacial score (nSPS) is 13.4. The molecule has 0 saturated carbocycles. The van der Waals surface area contributed by atoms with Gasteiger partial charge >= 0.3 is 0 Å². The highest BCUT2D eigenvalue weighted by molar-refractivity contribution is 5.76. The fraction of sp³-hybridized carbons (Fsp3) is 0.263. The highest BCUT2D eigenvalue weighted by atomic mass is 16.7. The molecule has 1 aliphatic heterocycles. The maximum absolute atomic E-state index is 12.2. The van der Waals surface area contributed by atoms with Gasteiger partial charge in [-0.05, 0) is 36.8 Å². The molecule has 1 N–H and O–H groups in total. The molecule has 1 amide bonds. The number of nitrogens with zero attached hydrogens (tertiary/aromatic N) is 3. The van der Waals surface area contributed by atoms with Crippen molar-refractivity contribution >= 4 is 5.91 Å². The first-order chi connectivity index (χ1) is 13.2. The number of rotatable bonds is 6. The molecule has 27 heavy (non-hydrogen) atoms. The van der Waals surface area contributed by atoms with Crippen molar-refractivity contribution in [2.45, 2.75) is 25.8 Å². The molecule has 3 heterocycles. The van der Waals surface area contributed by atoms with E-state index in [0.29, 0.717) is 29.6 Å². The molecule has 0 aliphatic carbocycles. The van der Waals surface area contributed by atoms with Gasteiger partial charge in [-0.2, -0.15) is 4.98 Å². The highest BCUT2D eigenvalue weighted by Crippen LogP contribution is 2.34. The van der Waals surface area contributed by atoms with Crippen LogP contribution in [0.5, 0.6) is 11.5 Å². The lowest BCUT2D eigenvalue weighted by Gasteiger charge is -2.14. The number of ether oxygens (including phenoxy) is 2. The van der Waals surface area contributed by atoms with E-state index in [1.807, 2.05) is 37.3 Å². The van der Waals surface area contributed by atoms with Gasteiger partial charge in [0.1, 0.15) is 5.69 Å². The number of carbonyl (C=O) groups is 1. The van der Waals surface area contributed by atoms with E-state index in [9.17, 15) is 4.79 Å². The number of aryl methyl sites for hydroxylation is 1. The van der Waals surface area contributed by atoms with Gasteiger partial charge in [-0.3, -0.25) is 9.78 Å². The van der Waals surface area contributed by atoms with Crippen molar-refractivity contribution in [2.75, 3.05) is 6.79 Å². The third-order valence-corrected chi connectivity index (χ3v) is 4.20. The lowest BCUT2D eigenvalue weighted by molar-refractivity contribution is -0.121. The monoisotopic (exact) mass is 366 g/mol. The van der Waals surface area contributed by atoms with E-state index < -0.39 is 0 Å². The highest BCUT2D eigenvalue weighted by Gasteiger charge is 2.17. The van der Waals surface area contributed by atoms with E-state index in [0.717, 1.165) is 11.3 Å². The first-order valence-corrected chi connectivity index (χ1v) is 8.62. The van der Waals surface area contributed by atoms with Crippen LogP contribution in [0.2, 0.25) is 0 Å². The number of aromatic nitrogens is 3. The predicted octanol–water partition coefficient (Wildman–Crippen LogP) is 2.67. The summed E-state index contributed by atoms with van der Waals surface area (Å²) in [5, 5.41) is 6.86. The molecule has 1 atom stereocenters. The van der Waals surface area contributed by atoms with Gasteiger partial charge < -0.3 is 19.3 Å². The zero-order valence-corrected chi connectivity index (χ0v) is 14.7. The molecule has 1 aromatic carbocycles. The molecule has 0 bridgehead atoms. The standard InChI is InChI=1S/C19H18N4O4/c1-12(13-5-6-15-16(10-13)26-11-25-15)21-17(24)7-8-18-22-19(23-27-18)14-4-2-3-9-20-14/h2-6,9-10,12H,7-8,11H2,1H3,(H,21,24). The summed E-state index contributed by atoms with van der Waals surface area (Å²) in [6.07, 6.45) is 2.27. The zero-order chi connectivity index (χ0) is 18.6. The summed E-state index contributed by atoms with van der Waals surface area (Å²) in [5.74, 6) is 2.14. The Hall–Kier alpha value is -3.42. The molecule has 0 saturated heterocycles. The summed E-state index contributed by atoms with van der Waals surface area (Å²) in [6.45, 7) is 2.14. The van der Waals surface area contributed by atoms with Gasteiger partial charge in [0.05, 0.1) is 6.04 Å². The lowest BCUT2D eigenvalue weighted by Crippen LogP contribution is -2.26.